The predicted octanol–water partition coefficient (Wildman–Crippen LogP) is 3.18. The molecule has 0 amide bonds. The van der Waals surface area contributed by atoms with Gasteiger partial charge in [0.1, 0.15) is 10.3 Å². The molecule has 1 N–H and O–H groups in total. The minimum Gasteiger partial charge on any atom is -0.386 e. The summed E-state index contributed by atoms with van der Waals surface area (Å²) in [7, 11) is -3.40. The molecule has 0 saturated carbocycles. The van der Waals surface area contributed by atoms with Crippen molar-refractivity contribution in [2.75, 3.05) is 5.75 Å². The first-order valence-corrected chi connectivity index (χ1v) is 8.17. The first kappa shape index (κ1) is 15.2. The van der Waals surface area contributed by atoms with Crippen LogP contribution in [0.1, 0.15) is 18.6 Å². The Morgan fingerprint density at radius 3 is 2.47 bits per heavy atom. The Balaban J connectivity index is 3.09. The highest BCUT2D eigenvalue weighted by molar-refractivity contribution is 9.11. The lowest BCUT2D eigenvalue weighted by molar-refractivity contribution is 0.195. The molecule has 1 rings (SSSR count). The van der Waals surface area contributed by atoms with E-state index < -0.39 is 20.1 Å². The van der Waals surface area contributed by atoms with E-state index in [9.17, 15) is 13.5 Å². The van der Waals surface area contributed by atoms with E-state index in [1.165, 1.54) is 19.1 Å². The normalized spacial score (nSPS) is 15.6. The average Bonchev–Trinajstić information content (AvgIpc) is 2.27. The van der Waals surface area contributed by atoms with Crippen LogP contribution in [0.25, 0.3) is 0 Å². The van der Waals surface area contributed by atoms with Crippen LogP contribution < -0.4 is 0 Å². The quantitative estimate of drug-likeness (QED) is 0.838. The molecule has 1 aromatic carbocycles. The van der Waals surface area contributed by atoms with Gasteiger partial charge in [0.15, 0.2) is 9.84 Å². The van der Waals surface area contributed by atoms with Gasteiger partial charge in [0, 0.05) is 21.4 Å². The zero-order chi connectivity index (χ0) is 13.2. The fourth-order valence-corrected chi connectivity index (χ4v) is 3.69. The van der Waals surface area contributed by atoms with Crippen molar-refractivity contribution in [3.63, 3.8) is 0 Å². The molecule has 0 aliphatic rings. The number of sulfone groups is 1. The topological polar surface area (TPSA) is 54.4 Å². The number of rotatable bonds is 4. The van der Waals surface area contributed by atoms with Gasteiger partial charge >= 0.3 is 0 Å². The number of benzene rings is 1. The van der Waals surface area contributed by atoms with Gasteiger partial charge in [-0.2, -0.15) is 0 Å². The van der Waals surface area contributed by atoms with E-state index in [4.69, 9.17) is 23.2 Å². The van der Waals surface area contributed by atoms with Crippen molar-refractivity contribution in [3.05, 3.63) is 33.8 Å². The molecule has 0 aromatic heterocycles. The Labute approximate surface area is 119 Å². The maximum absolute atomic E-state index is 11.6. The summed E-state index contributed by atoms with van der Waals surface area (Å²) >= 11 is 14.6. The zero-order valence-corrected chi connectivity index (χ0v) is 12.8. The van der Waals surface area contributed by atoms with E-state index in [1.54, 1.807) is 6.07 Å². The Morgan fingerprint density at radius 2 is 2.00 bits per heavy atom. The van der Waals surface area contributed by atoms with Gasteiger partial charge in [0.2, 0.25) is 0 Å². The molecule has 7 heteroatoms. The summed E-state index contributed by atoms with van der Waals surface area (Å²) in [4.78, 5) is 0. The van der Waals surface area contributed by atoms with Gasteiger partial charge in [-0.1, -0.05) is 52.1 Å². The summed E-state index contributed by atoms with van der Waals surface area (Å²) < 4.78 is 22.1. The molecule has 0 radical (unpaired) electrons. The van der Waals surface area contributed by atoms with Crippen molar-refractivity contribution in [2.45, 2.75) is 17.2 Å². The molecule has 96 valence electrons. The molecule has 0 aliphatic heterocycles. The molecule has 1 aromatic rings. The summed E-state index contributed by atoms with van der Waals surface area (Å²) in [6.45, 7) is 1.51. The average molecular weight is 362 g/mol. The van der Waals surface area contributed by atoms with E-state index in [2.05, 4.69) is 15.9 Å². The number of halogens is 3. The molecular formula is C10H11BrCl2O3S. The number of hydrogen-bond acceptors (Lipinski definition) is 3. The first-order chi connectivity index (χ1) is 7.79. The Morgan fingerprint density at radius 1 is 1.41 bits per heavy atom. The van der Waals surface area contributed by atoms with Crippen molar-refractivity contribution < 1.29 is 13.5 Å². The van der Waals surface area contributed by atoms with Gasteiger partial charge in [0.05, 0.1) is 0 Å². The van der Waals surface area contributed by atoms with Gasteiger partial charge in [-0.05, 0) is 12.1 Å². The fourth-order valence-electron chi connectivity index (χ4n) is 1.24. The lowest BCUT2D eigenvalue weighted by atomic mass is 10.1. The highest BCUT2D eigenvalue weighted by Crippen LogP contribution is 2.33. The van der Waals surface area contributed by atoms with Crippen LogP contribution in [-0.2, 0) is 9.84 Å². The standard InChI is InChI=1S/C10H11BrCl2O3S/c1-2-17(15,16)10(11)9(14)7-4-3-6(12)5-8(7)13/h3-5,9-10,14H,2H2,1H3/t9-,10+/m0/s1. The van der Waals surface area contributed by atoms with E-state index in [0.717, 1.165) is 0 Å². The minimum absolute atomic E-state index is 0.0643. The van der Waals surface area contributed by atoms with Gasteiger partial charge in [-0.15, -0.1) is 0 Å². The zero-order valence-electron chi connectivity index (χ0n) is 8.90. The van der Waals surface area contributed by atoms with Crippen LogP contribution in [0.3, 0.4) is 0 Å². The molecule has 0 unspecified atom stereocenters. The maximum atomic E-state index is 11.6. The van der Waals surface area contributed by atoms with Crippen LogP contribution in [0.5, 0.6) is 0 Å². The summed E-state index contributed by atoms with van der Waals surface area (Å²) in [5, 5.41) is 10.6. The largest absolute Gasteiger partial charge is 0.386 e. The molecule has 0 heterocycles. The van der Waals surface area contributed by atoms with Crippen molar-refractivity contribution in [1.29, 1.82) is 0 Å². The molecule has 0 fully saturated rings. The lowest BCUT2D eigenvalue weighted by Gasteiger charge is -2.18. The molecule has 2 atom stereocenters. The first-order valence-electron chi connectivity index (χ1n) is 4.78. The number of alkyl halides is 1. The van der Waals surface area contributed by atoms with Gasteiger partial charge in [-0.3, -0.25) is 0 Å². The van der Waals surface area contributed by atoms with Crippen LogP contribution in [0.2, 0.25) is 10.0 Å². The molecule has 3 nitrogen and oxygen atoms in total. The third kappa shape index (κ3) is 3.58. The monoisotopic (exact) mass is 360 g/mol. The second-order valence-electron chi connectivity index (χ2n) is 3.41. The smallest absolute Gasteiger partial charge is 0.165 e. The fraction of sp³-hybridized carbons (Fsp3) is 0.400. The van der Waals surface area contributed by atoms with Crippen molar-refractivity contribution >= 4 is 49.0 Å². The summed E-state index contributed by atoms with van der Waals surface area (Å²) in [6.07, 6.45) is -1.23. The Kier molecular flexibility index (Phi) is 5.28. The van der Waals surface area contributed by atoms with Crippen molar-refractivity contribution in [2.24, 2.45) is 0 Å². The van der Waals surface area contributed by atoms with Crippen LogP contribution in [0.15, 0.2) is 18.2 Å². The molecule has 0 aliphatic carbocycles. The third-order valence-electron chi connectivity index (χ3n) is 2.27. The number of aliphatic hydroxyl groups excluding tert-OH is 1. The van der Waals surface area contributed by atoms with E-state index in [0.29, 0.717) is 10.6 Å². The Bertz CT molecular complexity index is 504. The van der Waals surface area contributed by atoms with E-state index in [-0.39, 0.29) is 10.8 Å². The van der Waals surface area contributed by atoms with Gasteiger partial charge in [0.25, 0.3) is 0 Å². The molecule has 0 bridgehead atoms. The van der Waals surface area contributed by atoms with E-state index in [1.807, 2.05) is 0 Å². The SMILES string of the molecule is CCS(=O)(=O)[C@@H](Br)[C@@H](O)c1ccc(Cl)cc1Cl. The van der Waals surface area contributed by atoms with Gasteiger partial charge in [-0.25, -0.2) is 8.42 Å². The van der Waals surface area contributed by atoms with Crippen molar-refractivity contribution in [1.82, 2.24) is 0 Å². The van der Waals surface area contributed by atoms with Crippen LogP contribution in [0.4, 0.5) is 0 Å². The van der Waals surface area contributed by atoms with Crippen LogP contribution >= 0.6 is 39.1 Å². The predicted molar refractivity (Wildman–Crippen MR) is 73.6 cm³/mol. The second kappa shape index (κ2) is 5.89. The Hall–Kier alpha value is 0.190. The highest BCUT2D eigenvalue weighted by atomic mass is 79.9. The molecular weight excluding hydrogens is 351 g/mol. The van der Waals surface area contributed by atoms with E-state index >= 15 is 0 Å². The molecule has 0 spiro atoms. The highest BCUT2D eigenvalue weighted by Gasteiger charge is 2.30. The number of aliphatic hydroxyl groups is 1. The maximum Gasteiger partial charge on any atom is 0.165 e. The lowest BCUT2D eigenvalue weighted by Crippen LogP contribution is -2.24. The van der Waals surface area contributed by atoms with Crippen molar-refractivity contribution in [3.8, 4) is 0 Å². The number of hydrogen-bond donors (Lipinski definition) is 1. The summed E-state index contributed by atoms with van der Waals surface area (Å²) in [6, 6.07) is 4.51. The molecule has 17 heavy (non-hydrogen) atoms. The summed E-state index contributed by atoms with van der Waals surface area (Å²) in [5.74, 6) is -0.0643. The molecule has 0 saturated heterocycles. The van der Waals surface area contributed by atoms with Crippen LogP contribution in [-0.4, -0.2) is 23.4 Å². The minimum atomic E-state index is -3.40. The van der Waals surface area contributed by atoms with Gasteiger partial charge < -0.3 is 5.11 Å². The second-order valence-corrected chi connectivity index (χ2v) is 8.26. The third-order valence-corrected chi connectivity index (χ3v) is 6.80. The summed E-state index contributed by atoms with van der Waals surface area (Å²) in [5.41, 5.74) is 0.329. The van der Waals surface area contributed by atoms with Crippen LogP contribution in [0, 0.1) is 0 Å².